The molecular weight excluding hydrogens is 250 g/mol. The molecule has 1 atom stereocenters. The lowest BCUT2D eigenvalue weighted by Gasteiger charge is -2.30. The van der Waals surface area contributed by atoms with E-state index >= 15 is 0 Å². The number of aromatic nitrogens is 1. The van der Waals surface area contributed by atoms with Crippen molar-refractivity contribution < 1.29 is 4.74 Å². The van der Waals surface area contributed by atoms with Crippen LogP contribution in [0, 0.1) is 5.92 Å². The topological polar surface area (TPSA) is 60.2 Å². The largest absolute Gasteiger partial charge is 0.497 e. The molecule has 1 unspecified atom stereocenters. The summed E-state index contributed by atoms with van der Waals surface area (Å²) in [5, 5.41) is 5.80. The summed E-state index contributed by atoms with van der Waals surface area (Å²) in [7, 11) is 1.68. The molecule has 4 heteroatoms. The molecule has 0 amide bonds. The average Bonchev–Trinajstić information content (AvgIpc) is 3.32. The Balaban J connectivity index is 1.99. The summed E-state index contributed by atoms with van der Waals surface area (Å²) >= 11 is 0. The first-order chi connectivity index (χ1) is 9.66. The summed E-state index contributed by atoms with van der Waals surface area (Å²) in [6, 6.07) is 8.04. The highest BCUT2D eigenvalue weighted by Crippen LogP contribution is 2.41. The van der Waals surface area contributed by atoms with Crippen molar-refractivity contribution in [2.45, 2.75) is 25.3 Å². The predicted octanol–water partition coefficient (Wildman–Crippen LogP) is 2.78. The first kappa shape index (κ1) is 13.2. The number of methoxy groups -OCH3 is 1. The van der Waals surface area contributed by atoms with Gasteiger partial charge >= 0.3 is 0 Å². The van der Waals surface area contributed by atoms with E-state index in [2.05, 4.69) is 17.2 Å². The van der Waals surface area contributed by atoms with Crippen molar-refractivity contribution >= 4 is 16.6 Å². The zero-order chi connectivity index (χ0) is 14.2. The van der Waals surface area contributed by atoms with Gasteiger partial charge in [-0.15, -0.1) is 0 Å². The molecule has 1 fully saturated rings. The molecule has 3 N–H and O–H groups in total. The van der Waals surface area contributed by atoms with Gasteiger partial charge in [-0.05, 0) is 55.3 Å². The SMILES string of the molecule is COc1ccc2c(NC(C)(CN)C3CC3)nccc2c1. The van der Waals surface area contributed by atoms with Gasteiger partial charge in [0.2, 0.25) is 0 Å². The van der Waals surface area contributed by atoms with E-state index in [0.717, 1.165) is 22.3 Å². The summed E-state index contributed by atoms with van der Waals surface area (Å²) in [5.74, 6) is 2.42. The predicted molar refractivity (Wildman–Crippen MR) is 82.1 cm³/mol. The first-order valence-electron chi connectivity index (χ1n) is 7.07. The van der Waals surface area contributed by atoms with Crippen molar-refractivity contribution in [1.82, 2.24) is 4.98 Å². The molecule has 2 aromatic rings. The fraction of sp³-hybridized carbons (Fsp3) is 0.438. The van der Waals surface area contributed by atoms with Crippen LogP contribution in [-0.2, 0) is 0 Å². The van der Waals surface area contributed by atoms with E-state index in [1.165, 1.54) is 12.8 Å². The lowest BCUT2D eigenvalue weighted by molar-refractivity contribution is 0.415. The average molecular weight is 271 g/mol. The number of hydrogen-bond donors (Lipinski definition) is 2. The fourth-order valence-corrected chi connectivity index (χ4v) is 2.69. The van der Waals surface area contributed by atoms with E-state index in [1.54, 1.807) is 7.11 Å². The maximum absolute atomic E-state index is 5.98. The number of pyridine rings is 1. The Bertz CT molecular complexity index is 624. The van der Waals surface area contributed by atoms with E-state index in [1.807, 2.05) is 30.5 Å². The number of nitrogens with zero attached hydrogens (tertiary/aromatic N) is 1. The van der Waals surface area contributed by atoms with Gasteiger partial charge in [0.1, 0.15) is 11.6 Å². The van der Waals surface area contributed by atoms with Crippen molar-refractivity contribution in [1.29, 1.82) is 0 Å². The van der Waals surface area contributed by atoms with Gasteiger partial charge in [0.25, 0.3) is 0 Å². The van der Waals surface area contributed by atoms with Crippen LogP contribution in [0.1, 0.15) is 19.8 Å². The molecule has 1 aromatic carbocycles. The Morgan fingerprint density at radius 2 is 2.20 bits per heavy atom. The van der Waals surface area contributed by atoms with Crippen LogP contribution < -0.4 is 15.8 Å². The highest BCUT2D eigenvalue weighted by atomic mass is 16.5. The highest BCUT2D eigenvalue weighted by Gasteiger charge is 2.40. The second-order valence-electron chi connectivity index (χ2n) is 5.77. The highest BCUT2D eigenvalue weighted by molar-refractivity contribution is 5.92. The number of nitrogens with one attached hydrogen (secondary N) is 1. The van der Waals surface area contributed by atoms with Crippen LogP contribution in [0.25, 0.3) is 10.8 Å². The van der Waals surface area contributed by atoms with Crippen LogP contribution in [0.4, 0.5) is 5.82 Å². The van der Waals surface area contributed by atoms with Crippen LogP contribution in [0.3, 0.4) is 0 Å². The molecule has 1 heterocycles. The van der Waals surface area contributed by atoms with E-state index in [0.29, 0.717) is 12.5 Å². The summed E-state index contributed by atoms with van der Waals surface area (Å²) in [4.78, 5) is 4.50. The van der Waals surface area contributed by atoms with Crippen molar-refractivity contribution in [2.75, 3.05) is 19.0 Å². The maximum atomic E-state index is 5.98. The van der Waals surface area contributed by atoms with Crippen LogP contribution >= 0.6 is 0 Å². The molecule has 1 aliphatic carbocycles. The third kappa shape index (κ3) is 2.31. The minimum atomic E-state index is -0.0682. The van der Waals surface area contributed by atoms with Gasteiger partial charge in [0.05, 0.1) is 12.6 Å². The van der Waals surface area contributed by atoms with Crippen molar-refractivity contribution in [3.63, 3.8) is 0 Å². The van der Waals surface area contributed by atoms with Gasteiger partial charge in [0, 0.05) is 18.1 Å². The molecule has 0 spiro atoms. The summed E-state index contributed by atoms with van der Waals surface area (Å²) in [6.45, 7) is 2.81. The minimum absolute atomic E-state index is 0.0682. The van der Waals surface area contributed by atoms with E-state index in [9.17, 15) is 0 Å². The summed E-state index contributed by atoms with van der Waals surface area (Å²) < 4.78 is 5.27. The van der Waals surface area contributed by atoms with Gasteiger partial charge in [0.15, 0.2) is 0 Å². The zero-order valence-corrected chi connectivity index (χ0v) is 12.0. The monoisotopic (exact) mass is 271 g/mol. The second-order valence-corrected chi connectivity index (χ2v) is 5.77. The third-order valence-electron chi connectivity index (χ3n) is 4.28. The Morgan fingerprint density at radius 3 is 2.85 bits per heavy atom. The lowest BCUT2D eigenvalue weighted by atomic mass is 9.95. The number of fused-ring (bicyclic) bond motifs is 1. The fourth-order valence-electron chi connectivity index (χ4n) is 2.69. The quantitative estimate of drug-likeness (QED) is 0.878. The molecular formula is C16H21N3O. The zero-order valence-electron chi connectivity index (χ0n) is 12.0. The molecule has 3 rings (SSSR count). The standard InChI is InChI=1S/C16H21N3O/c1-16(10-17,12-3-4-12)19-15-14-6-5-13(20-2)9-11(14)7-8-18-15/h5-9,12H,3-4,10,17H2,1-2H3,(H,18,19). The molecule has 4 nitrogen and oxygen atoms in total. The maximum Gasteiger partial charge on any atom is 0.134 e. The van der Waals surface area contributed by atoms with Crippen LogP contribution in [0.5, 0.6) is 5.75 Å². The number of nitrogens with two attached hydrogens (primary N) is 1. The number of rotatable bonds is 5. The number of ether oxygens (including phenoxy) is 1. The van der Waals surface area contributed by atoms with Crippen LogP contribution in [-0.4, -0.2) is 24.2 Å². The van der Waals surface area contributed by atoms with Gasteiger partial charge < -0.3 is 15.8 Å². The third-order valence-corrected chi connectivity index (χ3v) is 4.28. The van der Waals surface area contributed by atoms with Gasteiger partial charge in [-0.3, -0.25) is 0 Å². The number of anilines is 1. The van der Waals surface area contributed by atoms with E-state index < -0.39 is 0 Å². The van der Waals surface area contributed by atoms with Crippen LogP contribution in [0.2, 0.25) is 0 Å². The molecule has 1 aliphatic rings. The smallest absolute Gasteiger partial charge is 0.134 e. The van der Waals surface area contributed by atoms with Gasteiger partial charge in [-0.25, -0.2) is 4.98 Å². The first-order valence-corrected chi connectivity index (χ1v) is 7.07. The Labute approximate surface area is 119 Å². The molecule has 1 aromatic heterocycles. The number of hydrogen-bond acceptors (Lipinski definition) is 4. The molecule has 0 saturated heterocycles. The summed E-state index contributed by atoms with van der Waals surface area (Å²) in [5.41, 5.74) is 5.91. The van der Waals surface area contributed by atoms with Crippen molar-refractivity contribution in [3.05, 3.63) is 30.5 Å². The van der Waals surface area contributed by atoms with Gasteiger partial charge in [-0.1, -0.05) is 0 Å². The normalized spacial score (nSPS) is 17.8. The molecule has 106 valence electrons. The Kier molecular flexibility index (Phi) is 3.26. The minimum Gasteiger partial charge on any atom is -0.497 e. The Hall–Kier alpha value is -1.81. The van der Waals surface area contributed by atoms with Crippen LogP contribution in [0.15, 0.2) is 30.5 Å². The number of benzene rings is 1. The van der Waals surface area contributed by atoms with Crippen molar-refractivity contribution in [2.24, 2.45) is 11.7 Å². The molecule has 0 bridgehead atoms. The molecule has 20 heavy (non-hydrogen) atoms. The van der Waals surface area contributed by atoms with Crippen molar-refractivity contribution in [3.8, 4) is 5.75 Å². The van der Waals surface area contributed by atoms with E-state index in [-0.39, 0.29) is 5.54 Å². The second kappa shape index (κ2) is 4.94. The lowest BCUT2D eigenvalue weighted by Crippen LogP contribution is -2.44. The molecule has 0 aliphatic heterocycles. The Morgan fingerprint density at radius 1 is 1.40 bits per heavy atom. The van der Waals surface area contributed by atoms with E-state index in [4.69, 9.17) is 10.5 Å². The summed E-state index contributed by atoms with van der Waals surface area (Å²) in [6.07, 6.45) is 4.33. The molecule has 0 radical (unpaired) electrons. The van der Waals surface area contributed by atoms with Gasteiger partial charge in [-0.2, -0.15) is 0 Å². The molecule has 1 saturated carbocycles.